The fourth-order valence-corrected chi connectivity index (χ4v) is 3.32. The Morgan fingerprint density at radius 3 is 2.52 bits per heavy atom. The Balaban J connectivity index is 2.40. The third-order valence-electron chi connectivity index (χ3n) is 3.67. The summed E-state index contributed by atoms with van der Waals surface area (Å²) in [6.45, 7) is 9.09. The van der Waals surface area contributed by atoms with Crippen molar-refractivity contribution in [1.29, 1.82) is 0 Å². The number of hydrogen-bond donors (Lipinski definition) is 1. The fraction of sp³-hybridized carbons (Fsp3) is 0.375. The Morgan fingerprint density at radius 2 is 1.95 bits per heavy atom. The first-order valence-electron chi connectivity index (χ1n) is 7.17. The molecule has 0 fully saturated rings. The number of carboxylic acid groups (broad SMARTS) is 1. The van der Waals surface area contributed by atoms with E-state index < -0.39 is 5.97 Å². The summed E-state index contributed by atoms with van der Waals surface area (Å²) < 4.78 is 0. The fourth-order valence-electron chi connectivity index (χ4n) is 2.35. The third kappa shape index (κ3) is 3.49. The number of quaternary nitrogens is 1. The average molecular weight is 304 g/mol. The van der Waals surface area contributed by atoms with Crippen molar-refractivity contribution in [3.05, 3.63) is 40.4 Å². The van der Waals surface area contributed by atoms with E-state index in [2.05, 4.69) is 24.9 Å². The second-order valence-corrected chi connectivity index (χ2v) is 6.01. The van der Waals surface area contributed by atoms with E-state index in [0.717, 1.165) is 30.2 Å². The molecule has 0 atom stereocenters. The van der Waals surface area contributed by atoms with E-state index in [1.165, 1.54) is 21.8 Å². The van der Waals surface area contributed by atoms with Gasteiger partial charge in [-0.3, -0.25) is 0 Å². The van der Waals surface area contributed by atoms with Crippen LogP contribution in [0.2, 0.25) is 0 Å². The molecule has 2 rings (SSSR count). The van der Waals surface area contributed by atoms with E-state index in [4.69, 9.17) is 0 Å². The van der Waals surface area contributed by atoms with E-state index in [9.17, 15) is 9.90 Å². The largest absolute Gasteiger partial charge is 0.544 e. The van der Waals surface area contributed by atoms with Crippen molar-refractivity contribution in [3.8, 4) is 10.6 Å². The first kappa shape index (κ1) is 15.7. The number of rotatable bonds is 6. The Labute approximate surface area is 129 Å². The zero-order valence-electron chi connectivity index (χ0n) is 12.6. The molecule has 0 aliphatic rings. The highest BCUT2D eigenvalue weighted by Crippen LogP contribution is 2.29. The lowest BCUT2D eigenvalue weighted by Crippen LogP contribution is -3.10. The predicted molar refractivity (Wildman–Crippen MR) is 82.4 cm³/mol. The molecule has 2 aromatic rings. The predicted octanol–water partition coefficient (Wildman–Crippen LogP) is 0.907. The Kier molecular flexibility index (Phi) is 5.09. The van der Waals surface area contributed by atoms with Crippen LogP contribution in [0.3, 0.4) is 0 Å². The van der Waals surface area contributed by atoms with Crippen molar-refractivity contribution in [2.45, 2.75) is 27.3 Å². The first-order chi connectivity index (χ1) is 10.1. The van der Waals surface area contributed by atoms with Crippen molar-refractivity contribution in [2.24, 2.45) is 0 Å². The normalized spacial score (nSPS) is 11.0. The number of aryl methyl sites for hydroxylation is 1. The molecule has 0 aliphatic carbocycles. The zero-order valence-corrected chi connectivity index (χ0v) is 13.4. The lowest BCUT2D eigenvalue weighted by atomic mass is 10.1. The van der Waals surface area contributed by atoms with E-state index >= 15 is 0 Å². The van der Waals surface area contributed by atoms with Crippen LogP contribution in [-0.4, -0.2) is 24.0 Å². The van der Waals surface area contributed by atoms with E-state index in [-0.39, 0.29) is 4.88 Å². The molecule has 0 saturated heterocycles. The van der Waals surface area contributed by atoms with Crippen LogP contribution in [0.5, 0.6) is 0 Å². The number of nitrogens with one attached hydrogen (secondary N) is 1. The molecular formula is C16H20N2O2S. The van der Waals surface area contributed by atoms with Gasteiger partial charge in [0.25, 0.3) is 0 Å². The quantitative estimate of drug-likeness (QED) is 0.863. The topological polar surface area (TPSA) is 57.5 Å². The molecule has 1 N–H and O–H groups in total. The van der Waals surface area contributed by atoms with Crippen LogP contribution < -0.4 is 10.0 Å². The minimum Gasteiger partial charge on any atom is -0.544 e. The number of aromatic carboxylic acids is 1. The highest BCUT2D eigenvalue weighted by atomic mass is 32.1. The van der Waals surface area contributed by atoms with E-state index in [0.29, 0.717) is 5.69 Å². The second kappa shape index (κ2) is 6.83. The van der Waals surface area contributed by atoms with E-state index in [1.807, 2.05) is 18.2 Å². The molecule has 1 aromatic heterocycles. The molecule has 0 unspecified atom stereocenters. The molecule has 0 bridgehead atoms. The molecule has 0 radical (unpaired) electrons. The van der Waals surface area contributed by atoms with Gasteiger partial charge in [-0.1, -0.05) is 24.3 Å². The number of aromatic nitrogens is 1. The summed E-state index contributed by atoms with van der Waals surface area (Å²) in [5.41, 5.74) is 2.76. The van der Waals surface area contributed by atoms with Gasteiger partial charge in [-0.2, -0.15) is 0 Å². The van der Waals surface area contributed by atoms with Crippen molar-refractivity contribution in [2.75, 3.05) is 13.1 Å². The number of benzene rings is 1. The van der Waals surface area contributed by atoms with Crippen LogP contribution in [0.1, 0.15) is 34.8 Å². The zero-order chi connectivity index (χ0) is 15.4. The molecule has 4 nitrogen and oxygen atoms in total. The second-order valence-electron chi connectivity index (χ2n) is 5.01. The maximum atomic E-state index is 11.1. The maximum absolute atomic E-state index is 11.1. The molecule has 21 heavy (non-hydrogen) atoms. The molecule has 1 aromatic carbocycles. The number of carbonyl (C=O) groups is 1. The number of hydrogen-bond acceptors (Lipinski definition) is 4. The van der Waals surface area contributed by atoms with Gasteiger partial charge in [0.15, 0.2) is 0 Å². The van der Waals surface area contributed by atoms with Crippen LogP contribution in [0.15, 0.2) is 24.3 Å². The van der Waals surface area contributed by atoms with Gasteiger partial charge in [0.1, 0.15) is 11.6 Å². The third-order valence-corrected chi connectivity index (χ3v) is 4.84. The Hall–Kier alpha value is -1.72. The number of carboxylic acids is 1. The van der Waals surface area contributed by atoms with Crippen LogP contribution in [-0.2, 0) is 6.54 Å². The molecule has 0 amide bonds. The van der Waals surface area contributed by atoms with Crippen LogP contribution in [0, 0.1) is 6.92 Å². The molecule has 0 aliphatic heterocycles. The van der Waals surface area contributed by atoms with Crippen LogP contribution >= 0.6 is 11.3 Å². The summed E-state index contributed by atoms with van der Waals surface area (Å²) in [5.74, 6) is -1.15. The lowest BCUT2D eigenvalue weighted by molar-refractivity contribution is -0.910. The van der Waals surface area contributed by atoms with Crippen LogP contribution in [0.25, 0.3) is 10.6 Å². The minimum atomic E-state index is -1.15. The monoisotopic (exact) mass is 304 g/mol. The molecule has 0 spiro atoms. The van der Waals surface area contributed by atoms with Gasteiger partial charge in [-0.15, -0.1) is 11.3 Å². The van der Waals surface area contributed by atoms with Crippen molar-refractivity contribution in [1.82, 2.24) is 4.98 Å². The summed E-state index contributed by atoms with van der Waals surface area (Å²) in [4.78, 5) is 17.2. The molecule has 1 heterocycles. The number of nitrogens with zero attached hydrogens (tertiary/aromatic N) is 1. The lowest BCUT2D eigenvalue weighted by Gasteiger charge is -2.17. The number of carbonyl (C=O) groups excluding carboxylic acids is 1. The smallest absolute Gasteiger partial charge is 0.124 e. The molecular weight excluding hydrogens is 284 g/mol. The van der Waals surface area contributed by atoms with Gasteiger partial charge in [-0.25, -0.2) is 4.98 Å². The summed E-state index contributed by atoms with van der Waals surface area (Å²) in [6.07, 6.45) is 0. The van der Waals surface area contributed by atoms with Gasteiger partial charge in [0.05, 0.1) is 29.6 Å². The first-order valence-corrected chi connectivity index (χ1v) is 7.99. The maximum Gasteiger partial charge on any atom is 0.124 e. The molecule has 0 saturated carbocycles. The summed E-state index contributed by atoms with van der Waals surface area (Å²) in [5, 5.41) is 11.8. The van der Waals surface area contributed by atoms with Gasteiger partial charge in [0.2, 0.25) is 0 Å². The number of thiazole rings is 1. The van der Waals surface area contributed by atoms with E-state index in [1.54, 1.807) is 6.92 Å². The Morgan fingerprint density at radius 1 is 1.29 bits per heavy atom. The molecule has 112 valence electrons. The average Bonchev–Trinajstić information content (AvgIpc) is 2.87. The van der Waals surface area contributed by atoms with Gasteiger partial charge in [-0.05, 0) is 20.8 Å². The minimum absolute atomic E-state index is 0.218. The Bertz CT molecular complexity index is 633. The highest BCUT2D eigenvalue weighted by Gasteiger charge is 2.15. The SMILES string of the molecule is CC[NH+](CC)Cc1ccccc1-c1nc(C)c(C(=O)[O-])s1. The van der Waals surface area contributed by atoms with Crippen molar-refractivity contribution >= 4 is 17.3 Å². The van der Waals surface area contributed by atoms with Crippen LogP contribution in [0.4, 0.5) is 0 Å². The van der Waals surface area contributed by atoms with Gasteiger partial charge >= 0.3 is 0 Å². The molecule has 5 heteroatoms. The van der Waals surface area contributed by atoms with Gasteiger partial charge < -0.3 is 14.8 Å². The summed E-state index contributed by atoms with van der Waals surface area (Å²) in [6, 6.07) is 8.08. The summed E-state index contributed by atoms with van der Waals surface area (Å²) >= 11 is 1.19. The standard InChI is InChI=1S/C16H20N2O2S/c1-4-18(5-2)10-12-8-6-7-9-13(12)15-17-11(3)14(21-15)16(19)20/h6-9H,4-5,10H2,1-3H3,(H,19,20). The van der Waals surface area contributed by atoms with Crippen molar-refractivity contribution < 1.29 is 14.8 Å². The van der Waals surface area contributed by atoms with Crippen molar-refractivity contribution in [3.63, 3.8) is 0 Å². The summed E-state index contributed by atoms with van der Waals surface area (Å²) in [7, 11) is 0. The highest BCUT2D eigenvalue weighted by molar-refractivity contribution is 7.17. The van der Waals surface area contributed by atoms with Gasteiger partial charge in [0, 0.05) is 11.1 Å².